The molecular formula is C21H18Br2N2O4. The first kappa shape index (κ1) is 22.7. The summed E-state index contributed by atoms with van der Waals surface area (Å²) in [5.41, 5.74) is 3.11. The van der Waals surface area contributed by atoms with Crippen molar-refractivity contribution < 1.29 is 19.1 Å². The number of nitrogens with zero attached hydrogens (tertiary/aromatic N) is 1. The average Bonchev–Trinajstić information content (AvgIpc) is 2.67. The van der Waals surface area contributed by atoms with Crippen LogP contribution in [0, 0.1) is 25.2 Å². The molecule has 8 heteroatoms. The summed E-state index contributed by atoms with van der Waals surface area (Å²) in [5.74, 6) is -0.604. The van der Waals surface area contributed by atoms with Gasteiger partial charge in [-0.15, -0.1) is 0 Å². The topological polar surface area (TPSA) is 88.4 Å². The van der Waals surface area contributed by atoms with E-state index in [0.29, 0.717) is 25.9 Å². The molecule has 0 bridgehead atoms. The van der Waals surface area contributed by atoms with Crippen LogP contribution in [0.2, 0.25) is 0 Å². The Labute approximate surface area is 185 Å². The fraction of sp³-hybridized carbons (Fsp3) is 0.190. The molecule has 0 aliphatic rings. The molecule has 150 valence electrons. The minimum Gasteiger partial charge on any atom is -0.480 e. The fourth-order valence-electron chi connectivity index (χ4n) is 2.37. The van der Waals surface area contributed by atoms with E-state index in [9.17, 15) is 14.9 Å². The summed E-state index contributed by atoms with van der Waals surface area (Å²) in [6.07, 6.45) is 1.47. The maximum Gasteiger partial charge on any atom is 0.343 e. The van der Waals surface area contributed by atoms with Gasteiger partial charge in [0.05, 0.1) is 16.1 Å². The predicted molar refractivity (Wildman–Crippen MR) is 117 cm³/mol. The second-order valence-corrected chi connectivity index (χ2v) is 7.83. The number of carbonyl (C=O) groups is 2. The van der Waals surface area contributed by atoms with Crippen LogP contribution in [0.5, 0.6) is 5.75 Å². The fourth-order valence-corrected chi connectivity index (χ4v) is 3.82. The van der Waals surface area contributed by atoms with Crippen molar-refractivity contribution in [3.8, 4) is 11.8 Å². The molecule has 0 aliphatic heterocycles. The average molecular weight is 522 g/mol. The van der Waals surface area contributed by atoms with E-state index in [1.165, 1.54) is 13.2 Å². The number of benzene rings is 2. The van der Waals surface area contributed by atoms with E-state index in [0.717, 1.165) is 11.1 Å². The highest BCUT2D eigenvalue weighted by Crippen LogP contribution is 2.35. The third-order valence-corrected chi connectivity index (χ3v) is 5.08. The van der Waals surface area contributed by atoms with Crippen molar-refractivity contribution in [3.05, 3.63) is 61.5 Å². The van der Waals surface area contributed by atoms with E-state index in [-0.39, 0.29) is 12.2 Å². The lowest BCUT2D eigenvalue weighted by atomic mass is 10.1. The van der Waals surface area contributed by atoms with Crippen molar-refractivity contribution in [2.75, 3.05) is 19.0 Å². The third-order valence-electron chi connectivity index (χ3n) is 3.90. The Balaban J connectivity index is 2.26. The van der Waals surface area contributed by atoms with Gasteiger partial charge >= 0.3 is 5.97 Å². The molecule has 6 nitrogen and oxygen atoms in total. The Morgan fingerprint density at radius 1 is 1.17 bits per heavy atom. The van der Waals surface area contributed by atoms with Crippen molar-refractivity contribution >= 4 is 55.5 Å². The van der Waals surface area contributed by atoms with Crippen molar-refractivity contribution in [2.24, 2.45) is 0 Å². The van der Waals surface area contributed by atoms with E-state index >= 15 is 0 Å². The highest BCUT2D eigenvalue weighted by Gasteiger charge is 2.14. The summed E-state index contributed by atoms with van der Waals surface area (Å²) in [5, 5.41) is 12.2. The maximum absolute atomic E-state index is 12.6. The number of carbonyl (C=O) groups excluding carboxylic acids is 2. The van der Waals surface area contributed by atoms with Gasteiger partial charge in [-0.1, -0.05) is 12.1 Å². The number of amides is 1. The van der Waals surface area contributed by atoms with Crippen LogP contribution in [0.25, 0.3) is 6.08 Å². The van der Waals surface area contributed by atoms with Crippen LogP contribution in [0.3, 0.4) is 0 Å². The minimum atomic E-state index is -0.511. The first-order valence-electron chi connectivity index (χ1n) is 8.44. The molecule has 2 aromatic carbocycles. The number of halogens is 2. The highest BCUT2D eigenvalue weighted by molar-refractivity contribution is 9.11. The quantitative estimate of drug-likeness (QED) is 0.331. The van der Waals surface area contributed by atoms with Gasteiger partial charge in [0.2, 0.25) is 0 Å². The molecule has 0 saturated heterocycles. The van der Waals surface area contributed by atoms with Crippen LogP contribution in [0.15, 0.2) is 44.9 Å². The first-order valence-corrected chi connectivity index (χ1v) is 10.0. The Kier molecular flexibility index (Phi) is 8.00. The number of aryl methyl sites for hydroxylation is 2. The third kappa shape index (κ3) is 6.17. The highest BCUT2D eigenvalue weighted by atomic mass is 79.9. The summed E-state index contributed by atoms with van der Waals surface area (Å²) in [7, 11) is 1.27. The number of methoxy groups -OCH3 is 1. The molecule has 0 aliphatic carbocycles. The van der Waals surface area contributed by atoms with E-state index in [2.05, 4.69) is 41.9 Å². The lowest BCUT2D eigenvalue weighted by molar-refractivity contribution is -0.142. The molecule has 0 unspecified atom stereocenters. The zero-order valence-corrected chi connectivity index (χ0v) is 19.2. The number of hydrogen-bond acceptors (Lipinski definition) is 5. The molecule has 0 radical (unpaired) electrons. The molecule has 0 atom stereocenters. The molecule has 1 amide bonds. The summed E-state index contributed by atoms with van der Waals surface area (Å²) in [6, 6.07) is 11.0. The first-order chi connectivity index (χ1) is 13.7. The Bertz CT molecular complexity index is 1000. The number of anilines is 1. The van der Waals surface area contributed by atoms with Gasteiger partial charge < -0.3 is 14.8 Å². The smallest absolute Gasteiger partial charge is 0.343 e. The second kappa shape index (κ2) is 10.2. The largest absolute Gasteiger partial charge is 0.480 e. The number of nitriles is 1. The van der Waals surface area contributed by atoms with Crippen LogP contribution in [-0.2, 0) is 14.3 Å². The zero-order valence-electron chi connectivity index (χ0n) is 16.0. The lowest BCUT2D eigenvalue weighted by Gasteiger charge is -2.11. The van der Waals surface area contributed by atoms with Gasteiger partial charge in [0.15, 0.2) is 6.61 Å². The van der Waals surface area contributed by atoms with Crippen LogP contribution < -0.4 is 10.1 Å². The predicted octanol–water partition coefficient (Wildman–Crippen LogP) is 4.93. The second-order valence-electron chi connectivity index (χ2n) is 6.12. The number of ether oxygens (including phenoxy) is 2. The molecule has 1 N–H and O–H groups in total. The molecule has 2 aromatic rings. The number of rotatable bonds is 6. The number of esters is 1. The van der Waals surface area contributed by atoms with Gasteiger partial charge in [-0.05, 0) is 86.7 Å². The molecule has 0 aromatic heterocycles. The molecule has 29 heavy (non-hydrogen) atoms. The molecule has 0 heterocycles. The Morgan fingerprint density at radius 2 is 1.83 bits per heavy atom. The van der Waals surface area contributed by atoms with Crippen molar-refractivity contribution in [1.82, 2.24) is 0 Å². The minimum absolute atomic E-state index is 0.0482. The van der Waals surface area contributed by atoms with E-state index in [4.69, 9.17) is 4.74 Å². The van der Waals surface area contributed by atoms with Crippen LogP contribution in [0.4, 0.5) is 5.69 Å². The lowest BCUT2D eigenvalue weighted by Crippen LogP contribution is -2.14. The van der Waals surface area contributed by atoms with Gasteiger partial charge in [-0.25, -0.2) is 4.79 Å². The van der Waals surface area contributed by atoms with Crippen LogP contribution in [-0.4, -0.2) is 25.6 Å². The van der Waals surface area contributed by atoms with E-state index in [1.54, 1.807) is 12.1 Å². The van der Waals surface area contributed by atoms with E-state index < -0.39 is 11.9 Å². The van der Waals surface area contributed by atoms with Gasteiger partial charge in [-0.2, -0.15) is 5.26 Å². The van der Waals surface area contributed by atoms with Gasteiger partial charge in [0, 0.05) is 5.69 Å². The molecule has 0 fully saturated rings. The van der Waals surface area contributed by atoms with Crippen LogP contribution in [0.1, 0.15) is 16.7 Å². The van der Waals surface area contributed by atoms with Gasteiger partial charge in [-0.3, -0.25) is 4.79 Å². The van der Waals surface area contributed by atoms with Gasteiger partial charge in [0.25, 0.3) is 5.91 Å². The molecule has 0 spiro atoms. The summed E-state index contributed by atoms with van der Waals surface area (Å²) >= 11 is 6.74. The van der Waals surface area contributed by atoms with Crippen molar-refractivity contribution in [2.45, 2.75) is 13.8 Å². The summed E-state index contributed by atoms with van der Waals surface area (Å²) in [6.45, 7) is 3.56. The molecule has 2 rings (SSSR count). The van der Waals surface area contributed by atoms with E-state index in [1.807, 2.05) is 38.1 Å². The SMILES string of the molecule is COC(=O)COc1c(Br)cc(/C=C(\C#N)C(=O)Nc2cc(C)ccc2C)cc1Br. The van der Waals surface area contributed by atoms with Crippen molar-refractivity contribution in [3.63, 3.8) is 0 Å². The summed E-state index contributed by atoms with van der Waals surface area (Å²) < 4.78 is 11.1. The normalized spacial score (nSPS) is 10.8. The Morgan fingerprint density at radius 3 is 2.41 bits per heavy atom. The standard InChI is InChI=1S/C21H18Br2N2O4/c1-12-4-5-13(2)18(6-12)25-21(27)15(10-24)7-14-8-16(22)20(17(23)9-14)29-11-19(26)28-3/h4-9H,11H2,1-3H3,(H,25,27)/b15-7+. The number of nitrogens with one attached hydrogen (secondary N) is 1. The molecule has 0 saturated carbocycles. The number of hydrogen-bond donors (Lipinski definition) is 1. The maximum atomic E-state index is 12.6. The Hall–Kier alpha value is -2.63. The van der Waals surface area contributed by atoms with Gasteiger partial charge in [0.1, 0.15) is 17.4 Å². The molecular weight excluding hydrogens is 504 g/mol. The zero-order chi connectivity index (χ0) is 21.6. The van der Waals surface area contributed by atoms with Crippen molar-refractivity contribution in [1.29, 1.82) is 5.26 Å². The summed E-state index contributed by atoms with van der Waals surface area (Å²) in [4.78, 5) is 23.8. The van der Waals surface area contributed by atoms with Crippen LogP contribution >= 0.6 is 31.9 Å². The monoisotopic (exact) mass is 520 g/mol.